The maximum Gasteiger partial charge on any atom is 0.339 e. The first kappa shape index (κ1) is 17.1. The average Bonchev–Trinajstić information content (AvgIpc) is 3.02. The van der Waals surface area contributed by atoms with Crippen LogP contribution in [0.3, 0.4) is 0 Å². The molecule has 1 aliphatic heterocycles. The van der Waals surface area contributed by atoms with Crippen molar-refractivity contribution >= 4 is 21.8 Å². The molecule has 2 aromatic carbocycles. The lowest BCUT2D eigenvalue weighted by molar-refractivity contribution is 0.252. The molecule has 0 aromatic heterocycles. The van der Waals surface area contributed by atoms with Crippen LogP contribution in [0.2, 0.25) is 0 Å². The molecule has 2 aromatic rings. The molecule has 132 valence electrons. The summed E-state index contributed by atoms with van der Waals surface area (Å²) in [5, 5.41) is 2.69. The minimum Gasteiger partial charge on any atom is -0.496 e. The van der Waals surface area contributed by atoms with Crippen LogP contribution in [-0.2, 0) is 10.1 Å². The van der Waals surface area contributed by atoms with E-state index in [2.05, 4.69) is 5.32 Å². The lowest BCUT2D eigenvalue weighted by Crippen LogP contribution is -2.27. The van der Waals surface area contributed by atoms with Crippen molar-refractivity contribution in [2.75, 3.05) is 25.1 Å². The number of aryl methyl sites for hydroxylation is 1. The summed E-state index contributed by atoms with van der Waals surface area (Å²) < 4.78 is 35.2. The molecule has 25 heavy (non-hydrogen) atoms. The molecular formula is C17H18N2O5S. The van der Waals surface area contributed by atoms with E-state index in [1.165, 1.54) is 25.3 Å². The van der Waals surface area contributed by atoms with E-state index in [-0.39, 0.29) is 16.7 Å². The maximum absolute atomic E-state index is 12.4. The Morgan fingerprint density at radius 2 is 1.84 bits per heavy atom. The Balaban J connectivity index is 1.81. The fraction of sp³-hybridized carbons (Fsp3) is 0.235. The van der Waals surface area contributed by atoms with Gasteiger partial charge in [-0.15, -0.1) is 0 Å². The zero-order valence-corrected chi connectivity index (χ0v) is 14.7. The minimum atomic E-state index is -3.98. The quantitative estimate of drug-likeness (QED) is 0.825. The number of benzene rings is 2. The third-order valence-corrected chi connectivity index (χ3v) is 5.14. The number of rotatable bonds is 5. The van der Waals surface area contributed by atoms with Crippen molar-refractivity contribution in [3.05, 3.63) is 48.0 Å². The number of carbonyl (C=O) groups excluding carboxylic acids is 1. The van der Waals surface area contributed by atoms with Gasteiger partial charge >= 0.3 is 16.1 Å². The zero-order valence-electron chi connectivity index (χ0n) is 13.9. The predicted molar refractivity (Wildman–Crippen MR) is 92.7 cm³/mol. The van der Waals surface area contributed by atoms with Gasteiger partial charge in [-0.05, 0) is 42.8 Å². The average molecular weight is 362 g/mol. The SMILES string of the molecule is COc1cc(OS(=O)(=O)c2ccc(N3CCNC3=O)cc2)ccc1C. The van der Waals surface area contributed by atoms with Crippen molar-refractivity contribution in [2.45, 2.75) is 11.8 Å². The maximum atomic E-state index is 12.4. The van der Waals surface area contributed by atoms with Gasteiger partial charge in [0, 0.05) is 24.8 Å². The normalized spacial score (nSPS) is 14.3. The van der Waals surface area contributed by atoms with Crippen LogP contribution in [0.5, 0.6) is 11.5 Å². The van der Waals surface area contributed by atoms with Crippen LogP contribution in [0, 0.1) is 6.92 Å². The van der Waals surface area contributed by atoms with E-state index in [4.69, 9.17) is 8.92 Å². The van der Waals surface area contributed by atoms with Gasteiger partial charge in [0.15, 0.2) is 0 Å². The highest BCUT2D eigenvalue weighted by atomic mass is 32.2. The molecule has 7 nitrogen and oxygen atoms in total. The summed E-state index contributed by atoms with van der Waals surface area (Å²) in [7, 11) is -2.47. The highest BCUT2D eigenvalue weighted by molar-refractivity contribution is 7.87. The summed E-state index contributed by atoms with van der Waals surface area (Å²) in [4.78, 5) is 13.2. The van der Waals surface area contributed by atoms with Crippen molar-refractivity contribution in [3.8, 4) is 11.5 Å². The fourth-order valence-electron chi connectivity index (χ4n) is 2.54. The fourth-order valence-corrected chi connectivity index (χ4v) is 3.46. The molecule has 3 rings (SSSR count). The molecule has 0 spiro atoms. The summed E-state index contributed by atoms with van der Waals surface area (Å²) in [6.45, 7) is 2.96. The van der Waals surface area contributed by atoms with Crippen LogP contribution in [0.4, 0.5) is 10.5 Å². The molecule has 0 atom stereocenters. The Morgan fingerprint density at radius 1 is 1.12 bits per heavy atom. The first-order chi connectivity index (χ1) is 11.9. The largest absolute Gasteiger partial charge is 0.496 e. The Kier molecular flexibility index (Phi) is 4.54. The van der Waals surface area contributed by atoms with Crippen LogP contribution < -0.4 is 19.1 Å². The van der Waals surface area contributed by atoms with E-state index >= 15 is 0 Å². The number of hydrogen-bond acceptors (Lipinski definition) is 5. The number of carbonyl (C=O) groups is 1. The molecule has 1 fully saturated rings. The number of anilines is 1. The highest BCUT2D eigenvalue weighted by Crippen LogP contribution is 2.27. The van der Waals surface area contributed by atoms with E-state index in [1.54, 1.807) is 29.2 Å². The third-order valence-electron chi connectivity index (χ3n) is 3.88. The van der Waals surface area contributed by atoms with Gasteiger partial charge in [-0.2, -0.15) is 8.42 Å². The standard InChI is InChI=1S/C17H18N2O5S/c1-12-3-6-14(11-16(12)23-2)24-25(21,22)15-7-4-13(5-8-15)19-10-9-18-17(19)20/h3-8,11H,9-10H2,1-2H3,(H,18,20). The van der Waals surface area contributed by atoms with Gasteiger partial charge in [-0.3, -0.25) is 4.90 Å². The summed E-state index contributed by atoms with van der Waals surface area (Å²) in [6, 6.07) is 10.6. The van der Waals surface area contributed by atoms with Gasteiger partial charge in [0.25, 0.3) is 0 Å². The molecular weight excluding hydrogens is 344 g/mol. The molecule has 8 heteroatoms. The van der Waals surface area contributed by atoms with Crippen molar-refractivity contribution < 1.29 is 22.1 Å². The van der Waals surface area contributed by atoms with Crippen molar-refractivity contribution in [3.63, 3.8) is 0 Å². The molecule has 1 N–H and O–H groups in total. The van der Waals surface area contributed by atoms with E-state index in [1.807, 2.05) is 6.92 Å². The molecule has 2 amide bonds. The Bertz CT molecular complexity index is 894. The molecule has 0 bridgehead atoms. The number of nitrogens with zero attached hydrogens (tertiary/aromatic N) is 1. The van der Waals surface area contributed by atoms with Crippen LogP contribution >= 0.6 is 0 Å². The van der Waals surface area contributed by atoms with E-state index in [9.17, 15) is 13.2 Å². The van der Waals surface area contributed by atoms with Gasteiger partial charge < -0.3 is 14.2 Å². The van der Waals surface area contributed by atoms with E-state index in [0.29, 0.717) is 24.5 Å². The van der Waals surface area contributed by atoms with Crippen LogP contribution in [0.1, 0.15) is 5.56 Å². The second-order valence-corrected chi connectivity index (χ2v) is 7.09. The molecule has 1 saturated heterocycles. The van der Waals surface area contributed by atoms with Crippen molar-refractivity contribution in [1.29, 1.82) is 0 Å². The van der Waals surface area contributed by atoms with Crippen molar-refractivity contribution in [2.24, 2.45) is 0 Å². The summed E-state index contributed by atoms with van der Waals surface area (Å²) in [5.41, 5.74) is 1.51. The summed E-state index contributed by atoms with van der Waals surface area (Å²) >= 11 is 0. The van der Waals surface area contributed by atoms with Gasteiger partial charge in [0.1, 0.15) is 16.4 Å². The zero-order chi connectivity index (χ0) is 18.0. The van der Waals surface area contributed by atoms with E-state index < -0.39 is 10.1 Å². The third kappa shape index (κ3) is 3.53. The minimum absolute atomic E-state index is 0.00963. The lowest BCUT2D eigenvalue weighted by Gasteiger charge is -2.15. The Hall–Kier alpha value is -2.74. The molecule has 0 radical (unpaired) electrons. The number of hydrogen-bond donors (Lipinski definition) is 1. The van der Waals surface area contributed by atoms with Crippen molar-refractivity contribution in [1.82, 2.24) is 5.32 Å². The molecule has 0 aliphatic carbocycles. The topological polar surface area (TPSA) is 84.9 Å². The van der Waals surface area contributed by atoms with Crippen LogP contribution in [-0.4, -0.2) is 34.6 Å². The molecule has 0 saturated carbocycles. The first-order valence-corrected chi connectivity index (χ1v) is 9.06. The second kappa shape index (κ2) is 6.64. The molecule has 1 aliphatic rings. The van der Waals surface area contributed by atoms with Crippen LogP contribution in [0.15, 0.2) is 47.4 Å². The van der Waals surface area contributed by atoms with Gasteiger partial charge in [-0.25, -0.2) is 4.79 Å². The van der Waals surface area contributed by atoms with Crippen LogP contribution in [0.25, 0.3) is 0 Å². The Labute approximate surface area is 146 Å². The monoisotopic (exact) mass is 362 g/mol. The summed E-state index contributed by atoms with van der Waals surface area (Å²) in [5.74, 6) is 0.716. The number of methoxy groups -OCH3 is 1. The number of nitrogens with one attached hydrogen (secondary N) is 1. The number of ether oxygens (including phenoxy) is 1. The van der Waals surface area contributed by atoms with Gasteiger partial charge in [0.2, 0.25) is 0 Å². The summed E-state index contributed by atoms with van der Waals surface area (Å²) in [6.07, 6.45) is 0. The first-order valence-electron chi connectivity index (χ1n) is 7.65. The van der Waals surface area contributed by atoms with Gasteiger partial charge in [-0.1, -0.05) is 6.07 Å². The Morgan fingerprint density at radius 3 is 2.44 bits per heavy atom. The number of amides is 2. The second-order valence-electron chi connectivity index (χ2n) is 5.55. The molecule has 0 unspecified atom stereocenters. The highest BCUT2D eigenvalue weighted by Gasteiger charge is 2.22. The predicted octanol–water partition coefficient (Wildman–Crippen LogP) is 2.30. The molecule has 1 heterocycles. The smallest absolute Gasteiger partial charge is 0.339 e. The van der Waals surface area contributed by atoms with E-state index in [0.717, 1.165) is 5.56 Å². The number of urea groups is 1. The lowest BCUT2D eigenvalue weighted by atomic mass is 10.2. The van der Waals surface area contributed by atoms with Gasteiger partial charge in [0.05, 0.1) is 7.11 Å².